The molecule has 0 unspecified atom stereocenters. The Labute approximate surface area is 111 Å². The Kier molecular flexibility index (Phi) is 3.59. The van der Waals surface area contributed by atoms with Gasteiger partial charge >= 0.3 is 0 Å². The Hall–Kier alpha value is -1.86. The first-order chi connectivity index (χ1) is 8.88. The van der Waals surface area contributed by atoms with Gasteiger partial charge in [0.25, 0.3) is 0 Å². The highest BCUT2D eigenvalue weighted by Crippen LogP contribution is 2.15. The molecule has 0 radical (unpaired) electrons. The minimum atomic E-state index is -3.64. The zero-order chi connectivity index (χ0) is 14.0. The van der Waals surface area contributed by atoms with E-state index in [0.717, 1.165) is 5.69 Å². The molecule has 6 nitrogen and oxygen atoms in total. The molecule has 0 saturated heterocycles. The smallest absolute Gasteiger partial charge is 0.241 e. The molecule has 0 fully saturated rings. The fraction of sp³-hybridized carbons (Fsp3) is 0.250. The van der Waals surface area contributed by atoms with Crippen LogP contribution in [0.25, 0.3) is 0 Å². The molecule has 1 heterocycles. The van der Waals surface area contributed by atoms with E-state index in [1.54, 1.807) is 13.8 Å². The number of oxazole rings is 1. The molecule has 0 amide bonds. The lowest BCUT2D eigenvalue weighted by atomic mass is 10.3. The second-order valence-electron chi connectivity index (χ2n) is 4.07. The Morgan fingerprint density at radius 1 is 1.26 bits per heavy atom. The third kappa shape index (κ3) is 3.12. The Morgan fingerprint density at radius 2 is 1.89 bits per heavy atom. The van der Waals surface area contributed by atoms with Crippen LogP contribution in [-0.4, -0.2) is 18.5 Å². The van der Waals surface area contributed by atoms with Crippen LogP contribution in [0.4, 0.5) is 0 Å². The molecule has 0 bridgehead atoms. The Morgan fingerprint density at radius 3 is 2.42 bits per heavy atom. The average Bonchev–Trinajstić information content (AvgIpc) is 2.67. The van der Waals surface area contributed by atoms with E-state index in [4.69, 9.17) is 9.52 Å². The van der Waals surface area contributed by atoms with Crippen molar-refractivity contribution in [1.29, 1.82) is 0 Å². The monoisotopic (exact) mass is 282 g/mol. The lowest BCUT2D eigenvalue weighted by Crippen LogP contribution is -2.23. The predicted molar refractivity (Wildman–Crippen MR) is 68.1 cm³/mol. The van der Waals surface area contributed by atoms with Gasteiger partial charge in [0.05, 0.1) is 17.1 Å². The minimum Gasteiger partial charge on any atom is -0.508 e. The van der Waals surface area contributed by atoms with Crippen molar-refractivity contribution in [2.75, 3.05) is 0 Å². The van der Waals surface area contributed by atoms with Crippen molar-refractivity contribution in [1.82, 2.24) is 9.71 Å². The predicted octanol–water partition coefficient (Wildman–Crippen LogP) is 1.48. The second kappa shape index (κ2) is 5.02. The van der Waals surface area contributed by atoms with Crippen LogP contribution in [0.5, 0.6) is 5.75 Å². The number of sulfonamides is 1. The highest BCUT2D eigenvalue weighted by molar-refractivity contribution is 7.89. The molecule has 0 aliphatic rings. The van der Waals surface area contributed by atoms with Gasteiger partial charge in [-0.3, -0.25) is 0 Å². The van der Waals surface area contributed by atoms with Gasteiger partial charge in [0, 0.05) is 0 Å². The molecule has 0 saturated carbocycles. The first-order valence-electron chi connectivity index (χ1n) is 5.60. The first-order valence-corrected chi connectivity index (χ1v) is 7.08. The maximum absolute atomic E-state index is 11.9. The van der Waals surface area contributed by atoms with Gasteiger partial charge in [0.15, 0.2) is 0 Å². The normalized spacial score (nSPS) is 11.7. The Balaban J connectivity index is 2.11. The van der Waals surface area contributed by atoms with Crippen molar-refractivity contribution in [3.63, 3.8) is 0 Å². The molecule has 102 valence electrons. The average molecular weight is 282 g/mol. The number of benzene rings is 1. The molecular formula is C12H14N2O4S. The summed E-state index contributed by atoms with van der Waals surface area (Å²) in [6, 6.07) is 5.27. The number of hydrogen-bond acceptors (Lipinski definition) is 5. The zero-order valence-corrected chi connectivity index (χ0v) is 11.4. The topological polar surface area (TPSA) is 92.4 Å². The molecular weight excluding hydrogens is 268 g/mol. The van der Waals surface area contributed by atoms with Gasteiger partial charge in [0.2, 0.25) is 15.9 Å². The van der Waals surface area contributed by atoms with E-state index in [1.165, 1.54) is 24.3 Å². The van der Waals surface area contributed by atoms with Gasteiger partial charge < -0.3 is 9.52 Å². The molecule has 0 aliphatic carbocycles. The summed E-state index contributed by atoms with van der Waals surface area (Å²) in [7, 11) is -3.64. The first kappa shape index (κ1) is 13.6. The van der Waals surface area contributed by atoms with E-state index in [1.807, 2.05) is 0 Å². The molecule has 1 aromatic heterocycles. The largest absolute Gasteiger partial charge is 0.508 e. The van der Waals surface area contributed by atoms with E-state index in [0.29, 0.717) is 11.7 Å². The van der Waals surface area contributed by atoms with Crippen molar-refractivity contribution in [2.24, 2.45) is 0 Å². The number of hydrogen-bond donors (Lipinski definition) is 2. The summed E-state index contributed by atoms with van der Waals surface area (Å²) in [4.78, 5) is 4.16. The van der Waals surface area contributed by atoms with Crippen molar-refractivity contribution < 1.29 is 17.9 Å². The van der Waals surface area contributed by atoms with Crippen LogP contribution in [0.2, 0.25) is 0 Å². The second-order valence-corrected chi connectivity index (χ2v) is 5.83. The molecule has 0 atom stereocenters. The number of phenolic OH excluding ortho intramolecular Hbond substituents is 1. The SMILES string of the molecule is Cc1nc(CNS(=O)(=O)c2ccc(O)cc2)oc1C. The van der Waals surface area contributed by atoms with Crippen LogP contribution in [0.3, 0.4) is 0 Å². The molecule has 2 rings (SSSR count). The number of nitrogens with zero attached hydrogens (tertiary/aromatic N) is 1. The van der Waals surface area contributed by atoms with Crippen molar-refractivity contribution in [3.8, 4) is 5.75 Å². The summed E-state index contributed by atoms with van der Waals surface area (Å²) in [6.45, 7) is 3.54. The number of aryl methyl sites for hydroxylation is 2. The number of rotatable bonds is 4. The van der Waals surface area contributed by atoms with Crippen LogP contribution < -0.4 is 4.72 Å². The zero-order valence-electron chi connectivity index (χ0n) is 10.5. The van der Waals surface area contributed by atoms with Crippen molar-refractivity contribution in [3.05, 3.63) is 41.6 Å². The number of nitrogens with one attached hydrogen (secondary N) is 1. The summed E-state index contributed by atoms with van der Waals surface area (Å²) in [5, 5.41) is 9.12. The lowest BCUT2D eigenvalue weighted by Gasteiger charge is -2.04. The molecule has 2 aromatic rings. The third-order valence-corrected chi connectivity index (χ3v) is 4.05. The maximum atomic E-state index is 11.9. The van der Waals surface area contributed by atoms with Crippen LogP contribution in [0, 0.1) is 13.8 Å². The van der Waals surface area contributed by atoms with E-state index >= 15 is 0 Å². The lowest BCUT2D eigenvalue weighted by molar-refractivity contribution is 0.462. The quantitative estimate of drug-likeness (QED) is 0.886. The molecule has 2 N–H and O–H groups in total. The molecule has 1 aromatic carbocycles. The maximum Gasteiger partial charge on any atom is 0.241 e. The van der Waals surface area contributed by atoms with Gasteiger partial charge in [-0.2, -0.15) is 0 Å². The fourth-order valence-corrected chi connectivity index (χ4v) is 2.45. The molecule has 19 heavy (non-hydrogen) atoms. The third-order valence-electron chi connectivity index (χ3n) is 2.63. The summed E-state index contributed by atoms with van der Waals surface area (Å²) in [6.07, 6.45) is 0. The van der Waals surface area contributed by atoms with Crippen molar-refractivity contribution >= 4 is 10.0 Å². The summed E-state index contributed by atoms with van der Waals surface area (Å²) >= 11 is 0. The molecule has 0 aliphatic heterocycles. The summed E-state index contributed by atoms with van der Waals surface area (Å²) < 4.78 is 31.6. The highest BCUT2D eigenvalue weighted by Gasteiger charge is 2.15. The van der Waals surface area contributed by atoms with Gasteiger partial charge in [-0.15, -0.1) is 0 Å². The van der Waals surface area contributed by atoms with E-state index in [9.17, 15) is 8.42 Å². The molecule has 0 spiro atoms. The van der Waals surface area contributed by atoms with Gasteiger partial charge in [0.1, 0.15) is 11.5 Å². The van der Waals surface area contributed by atoms with Crippen LogP contribution in [-0.2, 0) is 16.6 Å². The van der Waals surface area contributed by atoms with Gasteiger partial charge in [-0.05, 0) is 38.1 Å². The number of aromatic nitrogens is 1. The van der Waals surface area contributed by atoms with Gasteiger partial charge in [-0.1, -0.05) is 0 Å². The fourth-order valence-electron chi connectivity index (χ4n) is 1.48. The van der Waals surface area contributed by atoms with Crippen LogP contribution >= 0.6 is 0 Å². The minimum absolute atomic E-state index is 0.0119. The van der Waals surface area contributed by atoms with Crippen molar-refractivity contribution in [2.45, 2.75) is 25.3 Å². The Bertz CT molecular complexity index is 655. The highest BCUT2D eigenvalue weighted by atomic mass is 32.2. The van der Waals surface area contributed by atoms with Gasteiger partial charge in [-0.25, -0.2) is 18.1 Å². The number of aromatic hydroxyl groups is 1. The van der Waals surface area contributed by atoms with Crippen LogP contribution in [0.15, 0.2) is 33.6 Å². The standard InChI is InChI=1S/C12H14N2O4S/c1-8-9(2)18-12(14-8)7-13-19(16,17)11-5-3-10(15)4-6-11/h3-6,13,15H,7H2,1-2H3. The van der Waals surface area contributed by atoms with E-state index in [-0.39, 0.29) is 17.2 Å². The van der Waals surface area contributed by atoms with E-state index in [2.05, 4.69) is 9.71 Å². The molecule has 7 heteroatoms. The number of phenols is 1. The summed E-state index contributed by atoms with van der Waals surface area (Å²) in [5.74, 6) is 0.995. The summed E-state index contributed by atoms with van der Waals surface area (Å²) in [5.41, 5.74) is 0.735. The van der Waals surface area contributed by atoms with Crippen LogP contribution in [0.1, 0.15) is 17.3 Å². The van der Waals surface area contributed by atoms with E-state index < -0.39 is 10.0 Å².